The maximum atomic E-state index is 9.29. The maximum absolute atomic E-state index is 9.29. The van der Waals surface area contributed by atoms with Gasteiger partial charge >= 0.3 is 0 Å². The van der Waals surface area contributed by atoms with Crippen LogP contribution in [0.5, 0.6) is 0 Å². The first-order valence-electron chi connectivity index (χ1n) is 5.64. The summed E-state index contributed by atoms with van der Waals surface area (Å²) in [6, 6.07) is 8.63. The van der Waals surface area contributed by atoms with Gasteiger partial charge in [0.2, 0.25) is 0 Å². The zero-order valence-corrected chi connectivity index (χ0v) is 14.3. The lowest BCUT2D eigenvalue weighted by atomic mass is 10.1. The van der Waals surface area contributed by atoms with Gasteiger partial charge in [0, 0.05) is 0 Å². The minimum atomic E-state index is -0.0819. The standard InChI is InChI=1S/C14H4Cl5N3/c15-8-2-1-3-9(16)14(8)22-13-7(5-21)11(18)10(17)6(4-20)12(13)19/h1-3,22H. The molecule has 0 saturated carbocycles. The number of benzene rings is 2. The van der Waals surface area contributed by atoms with E-state index in [1.165, 1.54) is 0 Å². The van der Waals surface area contributed by atoms with Gasteiger partial charge in [0.25, 0.3) is 0 Å². The lowest BCUT2D eigenvalue weighted by Gasteiger charge is -2.16. The van der Waals surface area contributed by atoms with E-state index in [0.29, 0.717) is 15.7 Å². The fraction of sp³-hybridized carbons (Fsp3) is 0. The Bertz CT molecular complexity index is 829. The smallest absolute Gasteiger partial charge is 0.103 e. The molecule has 8 heteroatoms. The average molecular weight is 391 g/mol. The van der Waals surface area contributed by atoms with Crippen molar-refractivity contribution in [2.75, 3.05) is 5.32 Å². The highest BCUT2D eigenvalue weighted by Gasteiger charge is 2.22. The number of nitrogens with zero attached hydrogens (tertiary/aromatic N) is 2. The topological polar surface area (TPSA) is 59.6 Å². The van der Waals surface area contributed by atoms with E-state index in [0.717, 1.165) is 0 Å². The summed E-state index contributed by atoms with van der Waals surface area (Å²) in [5, 5.41) is 21.7. The van der Waals surface area contributed by atoms with Crippen molar-refractivity contribution in [3.05, 3.63) is 54.4 Å². The van der Waals surface area contributed by atoms with Gasteiger partial charge in [-0.15, -0.1) is 0 Å². The van der Waals surface area contributed by atoms with Gasteiger partial charge in [-0.3, -0.25) is 0 Å². The molecule has 0 radical (unpaired) electrons. The molecule has 0 aliphatic rings. The van der Waals surface area contributed by atoms with Gasteiger partial charge in [0.15, 0.2) is 0 Å². The van der Waals surface area contributed by atoms with E-state index in [2.05, 4.69) is 5.32 Å². The number of nitriles is 2. The Morgan fingerprint density at radius 2 is 1.23 bits per heavy atom. The normalized spacial score (nSPS) is 9.95. The predicted molar refractivity (Wildman–Crippen MR) is 90.6 cm³/mol. The molecule has 0 saturated heterocycles. The van der Waals surface area contributed by atoms with Crippen LogP contribution < -0.4 is 5.32 Å². The van der Waals surface area contributed by atoms with E-state index in [4.69, 9.17) is 63.3 Å². The number of hydrogen-bond acceptors (Lipinski definition) is 3. The van der Waals surface area contributed by atoms with Crippen molar-refractivity contribution in [1.82, 2.24) is 0 Å². The number of anilines is 2. The van der Waals surface area contributed by atoms with Crippen LogP contribution in [-0.2, 0) is 0 Å². The molecule has 0 bridgehead atoms. The van der Waals surface area contributed by atoms with E-state index in [1.54, 1.807) is 18.2 Å². The van der Waals surface area contributed by atoms with Crippen LogP contribution in [0.4, 0.5) is 11.4 Å². The molecule has 0 aromatic heterocycles. The minimum absolute atomic E-state index is 0.00773. The third kappa shape index (κ3) is 2.92. The molecule has 0 fully saturated rings. The maximum Gasteiger partial charge on any atom is 0.103 e. The molecule has 2 aromatic carbocycles. The summed E-state index contributed by atoms with van der Waals surface area (Å²) in [6.07, 6.45) is 0. The van der Waals surface area contributed by atoms with Crippen molar-refractivity contribution in [3.8, 4) is 12.1 Å². The molecule has 2 rings (SSSR count). The molecule has 0 aliphatic heterocycles. The number of halogens is 5. The van der Waals surface area contributed by atoms with Crippen molar-refractivity contribution in [1.29, 1.82) is 10.5 Å². The first kappa shape index (κ1) is 17.0. The second-order valence-corrected chi connectivity index (χ2v) is 5.96. The third-order valence-electron chi connectivity index (χ3n) is 2.76. The summed E-state index contributed by atoms with van der Waals surface area (Å²) in [5.74, 6) is 0. The fourth-order valence-corrected chi connectivity index (χ4v) is 3.00. The second-order valence-electron chi connectivity index (χ2n) is 4.01. The monoisotopic (exact) mass is 389 g/mol. The Balaban J connectivity index is 2.74. The van der Waals surface area contributed by atoms with Gasteiger partial charge in [-0.2, -0.15) is 10.5 Å². The molecule has 110 valence electrons. The Hall–Kier alpha value is -1.33. The lowest BCUT2D eigenvalue weighted by Crippen LogP contribution is -2.00. The lowest BCUT2D eigenvalue weighted by molar-refractivity contribution is 1.43. The minimum Gasteiger partial charge on any atom is -0.351 e. The van der Waals surface area contributed by atoms with Gasteiger partial charge in [-0.05, 0) is 12.1 Å². The van der Waals surface area contributed by atoms with Crippen LogP contribution in [0.15, 0.2) is 18.2 Å². The molecule has 0 heterocycles. The third-order valence-corrected chi connectivity index (χ3v) is 4.62. The number of nitrogens with one attached hydrogen (secondary N) is 1. The second kappa shape index (κ2) is 6.84. The van der Waals surface area contributed by atoms with E-state index >= 15 is 0 Å². The first-order chi connectivity index (χ1) is 10.4. The van der Waals surface area contributed by atoms with Crippen molar-refractivity contribution in [2.45, 2.75) is 0 Å². The molecular weight excluding hydrogens is 387 g/mol. The Morgan fingerprint density at radius 3 is 1.73 bits per heavy atom. The molecule has 0 unspecified atom stereocenters. The van der Waals surface area contributed by atoms with Gasteiger partial charge in [0.1, 0.15) is 12.1 Å². The zero-order chi connectivity index (χ0) is 16.4. The largest absolute Gasteiger partial charge is 0.351 e. The van der Waals surface area contributed by atoms with Crippen molar-refractivity contribution in [3.63, 3.8) is 0 Å². The highest BCUT2D eigenvalue weighted by atomic mass is 35.5. The molecule has 3 nitrogen and oxygen atoms in total. The van der Waals surface area contributed by atoms with Gasteiger partial charge < -0.3 is 5.32 Å². The van der Waals surface area contributed by atoms with Crippen LogP contribution in [0.1, 0.15) is 11.1 Å². The van der Waals surface area contributed by atoms with Gasteiger partial charge in [-0.25, -0.2) is 0 Å². The number of hydrogen-bond donors (Lipinski definition) is 1. The summed E-state index contributed by atoms with van der Waals surface area (Å²) in [7, 11) is 0. The zero-order valence-electron chi connectivity index (χ0n) is 10.5. The van der Waals surface area contributed by atoms with E-state index in [9.17, 15) is 5.26 Å². The van der Waals surface area contributed by atoms with Crippen LogP contribution in [0.3, 0.4) is 0 Å². The van der Waals surface area contributed by atoms with Gasteiger partial charge in [0.05, 0.1) is 47.6 Å². The molecule has 0 atom stereocenters. The van der Waals surface area contributed by atoms with E-state index in [-0.39, 0.29) is 31.9 Å². The van der Waals surface area contributed by atoms with Crippen LogP contribution in [0.2, 0.25) is 25.1 Å². The van der Waals surface area contributed by atoms with Crippen molar-refractivity contribution >= 4 is 69.4 Å². The van der Waals surface area contributed by atoms with E-state index < -0.39 is 0 Å². The van der Waals surface area contributed by atoms with Crippen LogP contribution >= 0.6 is 58.0 Å². The molecule has 2 aromatic rings. The highest BCUT2D eigenvalue weighted by Crippen LogP contribution is 2.43. The number of rotatable bonds is 2. The Morgan fingerprint density at radius 1 is 0.727 bits per heavy atom. The molecule has 22 heavy (non-hydrogen) atoms. The summed E-state index contributed by atoms with van der Waals surface area (Å²) >= 11 is 30.3. The first-order valence-corrected chi connectivity index (χ1v) is 7.53. The van der Waals surface area contributed by atoms with Crippen LogP contribution in [0, 0.1) is 22.7 Å². The van der Waals surface area contributed by atoms with Crippen molar-refractivity contribution in [2.24, 2.45) is 0 Å². The van der Waals surface area contributed by atoms with E-state index in [1.807, 2.05) is 12.1 Å². The summed E-state index contributed by atoms with van der Waals surface area (Å²) in [4.78, 5) is 0. The quantitative estimate of drug-likeness (QED) is 0.599. The highest BCUT2D eigenvalue weighted by molar-refractivity contribution is 6.46. The van der Waals surface area contributed by atoms with Crippen LogP contribution in [0.25, 0.3) is 0 Å². The van der Waals surface area contributed by atoms with Gasteiger partial charge in [-0.1, -0.05) is 64.1 Å². The van der Waals surface area contributed by atoms with Crippen molar-refractivity contribution < 1.29 is 0 Å². The summed E-state index contributed by atoms with van der Waals surface area (Å²) < 4.78 is 0. The summed E-state index contributed by atoms with van der Waals surface area (Å²) in [6.45, 7) is 0. The molecule has 1 N–H and O–H groups in total. The Kier molecular flexibility index (Phi) is 5.29. The fourth-order valence-electron chi connectivity index (χ4n) is 1.72. The summed E-state index contributed by atoms with van der Waals surface area (Å²) in [5.41, 5.74) is 0.404. The molecule has 0 aliphatic carbocycles. The van der Waals surface area contributed by atoms with Crippen LogP contribution in [-0.4, -0.2) is 0 Å². The molecule has 0 amide bonds. The number of para-hydroxylation sites is 1. The Labute approximate surface area is 151 Å². The SMILES string of the molecule is N#Cc1c(Cl)c(Cl)c(C#N)c(Nc2c(Cl)cccc2Cl)c1Cl. The predicted octanol–water partition coefficient (Wildman–Crippen LogP) is 6.44. The molecule has 0 spiro atoms. The molecular formula is C14H4Cl5N3. The average Bonchev–Trinajstić information content (AvgIpc) is 2.49.